The van der Waals surface area contributed by atoms with Crippen molar-refractivity contribution in [2.45, 2.75) is 19.9 Å². The minimum Gasteiger partial charge on any atom is -0.311 e. The quantitative estimate of drug-likeness (QED) is 0.777. The lowest BCUT2D eigenvalue weighted by Gasteiger charge is -2.15. The van der Waals surface area contributed by atoms with Crippen molar-refractivity contribution in [3.8, 4) is 0 Å². The van der Waals surface area contributed by atoms with Gasteiger partial charge in [0.1, 0.15) is 0 Å². The first-order valence-electron chi connectivity index (χ1n) is 5.34. The molecular formula is C11H19BrN2S. The number of rotatable bonds is 7. The van der Waals surface area contributed by atoms with Crippen molar-refractivity contribution in [3.63, 3.8) is 0 Å². The molecule has 1 rings (SSSR count). The first kappa shape index (κ1) is 13.2. The minimum atomic E-state index is 0.982. The molecular weight excluding hydrogens is 272 g/mol. The number of nitrogens with one attached hydrogen (secondary N) is 1. The van der Waals surface area contributed by atoms with E-state index in [1.165, 1.54) is 22.3 Å². The molecule has 0 aliphatic rings. The van der Waals surface area contributed by atoms with Crippen molar-refractivity contribution >= 4 is 27.3 Å². The maximum absolute atomic E-state index is 3.46. The third-order valence-electron chi connectivity index (χ3n) is 2.20. The Balaban J connectivity index is 2.06. The van der Waals surface area contributed by atoms with Crippen LogP contribution < -0.4 is 5.32 Å². The Kier molecular flexibility index (Phi) is 6.48. The van der Waals surface area contributed by atoms with Gasteiger partial charge in [0.2, 0.25) is 0 Å². The molecule has 0 aliphatic heterocycles. The van der Waals surface area contributed by atoms with Crippen LogP contribution in [0, 0.1) is 0 Å². The lowest BCUT2D eigenvalue weighted by Crippen LogP contribution is -2.29. The molecule has 2 nitrogen and oxygen atoms in total. The van der Waals surface area contributed by atoms with Gasteiger partial charge in [-0.1, -0.05) is 6.92 Å². The van der Waals surface area contributed by atoms with E-state index in [0.717, 1.165) is 19.6 Å². The molecule has 0 saturated carbocycles. The van der Waals surface area contributed by atoms with Crippen molar-refractivity contribution in [3.05, 3.63) is 20.8 Å². The first-order chi connectivity index (χ1) is 7.22. The predicted molar refractivity (Wildman–Crippen MR) is 71.5 cm³/mol. The van der Waals surface area contributed by atoms with Crippen LogP contribution in [0.25, 0.3) is 0 Å². The van der Waals surface area contributed by atoms with Gasteiger partial charge in [-0.2, -0.15) is 0 Å². The average molecular weight is 291 g/mol. The van der Waals surface area contributed by atoms with Gasteiger partial charge in [-0.25, -0.2) is 0 Å². The molecule has 0 aliphatic carbocycles. The standard InChI is InChI=1S/C11H19BrN2S/c1-3-5-14(2)6-4-13-8-11-7-10(12)9-15-11/h7,9,13H,3-6,8H2,1-2H3. The Morgan fingerprint density at radius 3 is 2.87 bits per heavy atom. The minimum absolute atomic E-state index is 0.982. The molecule has 86 valence electrons. The van der Waals surface area contributed by atoms with Crippen LogP contribution in [-0.2, 0) is 6.54 Å². The zero-order chi connectivity index (χ0) is 11.1. The molecule has 0 bridgehead atoms. The van der Waals surface area contributed by atoms with Gasteiger partial charge in [-0.15, -0.1) is 11.3 Å². The molecule has 1 heterocycles. The number of likely N-dealkylation sites (N-methyl/N-ethyl adjacent to an activating group) is 1. The lowest BCUT2D eigenvalue weighted by atomic mass is 10.4. The van der Waals surface area contributed by atoms with Gasteiger partial charge in [-0.3, -0.25) is 0 Å². The van der Waals surface area contributed by atoms with Crippen molar-refractivity contribution in [1.29, 1.82) is 0 Å². The second-order valence-electron chi connectivity index (χ2n) is 3.71. The zero-order valence-electron chi connectivity index (χ0n) is 9.42. The molecule has 4 heteroatoms. The number of nitrogens with zero attached hydrogens (tertiary/aromatic N) is 1. The van der Waals surface area contributed by atoms with E-state index in [0.29, 0.717) is 0 Å². The van der Waals surface area contributed by atoms with E-state index >= 15 is 0 Å². The third-order valence-corrected chi connectivity index (χ3v) is 3.89. The maximum Gasteiger partial charge on any atom is 0.0300 e. The fourth-order valence-electron chi connectivity index (χ4n) is 1.42. The summed E-state index contributed by atoms with van der Waals surface area (Å²) in [6.45, 7) is 6.57. The van der Waals surface area contributed by atoms with Gasteiger partial charge in [-0.05, 0) is 42.0 Å². The smallest absolute Gasteiger partial charge is 0.0300 e. The summed E-state index contributed by atoms with van der Waals surface area (Å²) in [5.41, 5.74) is 0. The second-order valence-corrected chi connectivity index (χ2v) is 5.62. The third kappa shape index (κ3) is 5.66. The Bertz CT molecular complexity index is 275. The van der Waals surface area contributed by atoms with E-state index < -0.39 is 0 Å². The summed E-state index contributed by atoms with van der Waals surface area (Å²) in [5, 5.41) is 5.58. The van der Waals surface area contributed by atoms with Gasteiger partial charge < -0.3 is 10.2 Å². The molecule has 15 heavy (non-hydrogen) atoms. The largest absolute Gasteiger partial charge is 0.311 e. The molecule has 0 radical (unpaired) electrons. The fraction of sp³-hybridized carbons (Fsp3) is 0.636. The molecule has 1 aromatic heterocycles. The molecule has 1 aromatic rings. The number of hydrogen-bond donors (Lipinski definition) is 1. The van der Waals surface area contributed by atoms with Crippen LogP contribution in [-0.4, -0.2) is 31.6 Å². The molecule has 0 amide bonds. The van der Waals surface area contributed by atoms with Crippen molar-refractivity contribution < 1.29 is 0 Å². The summed E-state index contributed by atoms with van der Waals surface area (Å²) in [6, 6.07) is 2.17. The van der Waals surface area contributed by atoms with Crippen LogP contribution in [0.2, 0.25) is 0 Å². The van der Waals surface area contributed by atoms with E-state index in [1.54, 1.807) is 11.3 Å². The summed E-state index contributed by atoms with van der Waals surface area (Å²) >= 11 is 5.25. The summed E-state index contributed by atoms with van der Waals surface area (Å²) < 4.78 is 1.19. The topological polar surface area (TPSA) is 15.3 Å². The normalized spacial score (nSPS) is 11.2. The average Bonchev–Trinajstić information content (AvgIpc) is 2.60. The molecule has 0 unspecified atom stereocenters. The number of hydrogen-bond acceptors (Lipinski definition) is 3. The zero-order valence-corrected chi connectivity index (χ0v) is 11.8. The SMILES string of the molecule is CCCN(C)CCNCc1cc(Br)cs1. The van der Waals surface area contributed by atoms with Crippen LogP contribution in [0.4, 0.5) is 0 Å². The van der Waals surface area contributed by atoms with Crippen molar-refractivity contribution in [2.24, 2.45) is 0 Å². The van der Waals surface area contributed by atoms with Crippen LogP contribution in [0.5, 0.6) is 0 Å². The highest BCUT2D eigenvalue weighted by Crippen LogP contribution is 2.19. The van der Waals surface area contributed by atoms with Gasteiger partial charge in [0.05, 0.1) is 0 Å². The van der Waals surface area contributed by atoms with Gasteiger partial charge in [0, 0.05) is 34.4 Å². The number of halogens is 1. The summed E-state index contributed by atoms with van der Waals surface area (Å²) in [6.07, 6.45) is 1.23. The van der Waals surface area contributed by atoms with E-state index in [4.69, 9.17) is 0 Å². The molecule has 0 aromatic carbocycles. The van der Waals surface area contributed by atoms with E-state index in [2.05, 4.69) is 51.6 Å². The van der Waals surface area contributed by atoms with Crippen LogP contribution in [0.1, 0.15) is 18.2 Å². The van der Waals surface area contributed by atoms with Crippen molar-refractivity contribution in [2.75, 3.05) is 26.7 Å². The highest BCUT2D eigenvalue weighted by molar-refractivity contribution is 9.10. The summed E-state index contributed by atoms with van der Waals surface area (Å²) in [5.74, 6) is 0. The Labute approximate surface area is 105 Å². The Hall–Kier alpha value is 0.1000. The Morgan fingerprint density at radius 2 is 2.27 bits per heavy atom. The van der Waals surface area contributed by atoms with Crippen LogP contribution in [0.15, 0.2) is 15.9 Å². The van der Waals surface area contributed by atoms with Gasteiger partial charge in [0.25, 0.3) is 0 Å². The van der Waals surface area contributed by atoms with E-state index in [-0.39, 0.29) is 0 Å². The fourth-order valence-corrected chi connectivity index (χ4v) is 2.84. The van der Waals surface area contributed by atoms with Crippen LogP contribution in [0.3, 0.4) is 0 Å². The molecule has 0 saturated heterocycles. The van der Waals surface area contributed by atoms with Gasteiger partial charge >= 0.3 is 0 Å². The molecule has 0 spiro atoms. The Morgan fingerprint density at radius 1 is 1.47 bits per heavy atom. The van der Waals surface area contributed by atoms with Gasteiger partial charge in [0.15, 0.2) is 0 Å². The summed E-state index contributed by atoms with van der Waals surface area (Å²) in [4.78, 5) is 3.75. The lowest BCUT2D eigenvalue weighted by molar-refractivity contribution is 0.332. The monoisotopic (exact) mass is 290 g/mol. The molecule has 0 atom stereocenters. The van der Waals surface area contributed by atoms with Crippen LogP contribution >= 0.6 is 27.3 Å². The predicted octanol–water partition coefficient (Wildman–Crippen LogP) is 2.94. The first-order valence-corrected chi connectivity index (χ1v) is 7.01. The van der Waals surface area contributed by atoms with E-state index in [1.807, 2.05) is 0 Å². The molecule has 0 fully saturated rings. The highest BCUT2D eigenvalue weighted by atomic mass is 79.9. The number of thiophene rings is 1. The van der Waals surface area contributed by atoms with Crippen molar-refractivity contribution in [1.82, 2.24) is 10.2 Å². The maximum atomic E-state index is 3.46. The second kappa shape index (κ2) is 7.39. The van der Waals surface area contributed by atoms with E-state index in [9.17, 15) is 0 Å². The summed E-state index contributed by atoms with van der Waals surface area (Å²) in [7, 11) is 2.17. The highest BCUT2D eigenvalue weighted by Gasteiger charge is 1.98. The molecule has 1 N–H and O–H groups in total.